The van der Waals surface area contributed by atoms with E-state index in [4.69, 9.17) is 0 Å². The molecule has 0 saturated carbocycles. The van der Waals surface area contributed by atoms with Gasteiger partial charge in [-0.3, -0.25) is 0 Å². The van der Waals surface area contributed by atoms with E-state index < -0.39 is 5.60 Å². The lowest BCUT2D eigenvalue weighted by molar-refractivity contribution is -0.0272. The summed E-state index contributed by atoms with van der Waals surface area (Å²) in [6, 6.07) is 0. The van der Waals surface area contributed by atoms with Gasteiger partial charge in [0.15, 0.2) is 0 Å². The van der Waals surface area contributed by atoms with E-state index in [9.17, 15) is 5.11 Å². The maximum atomic E-state index is 10.0. The highest BCUT2D eigenvalue weighted by Crippen LogP contribution is 2.39. The predicted molar refractivity (Wildman–Crippen MR) is 56.5 cm³/mol. The molecule has 0 saturated heterocycles. The van der Waals surface area contributed by atoms with Gasteiger partial charge in [0.2, 0.25) is 0 Å². The Balaban J connectivity index is 2.87. The van der Waals surface area contributed by atoms with Crippen LogP contribution in [0.1, 0.15) is 41.0 Å². The van der Waals surface area contributed by atoms with Crippen molar-refractivity contribution in [2.45, 2.75) is 46.6 Å². The third-order valence-electron chi connectivity index (χ3n) is 3.19. The second-order valence-corrected chi connectivity index (χ2v) is 5.23. The molecule has 1 nitrogen and oxygen atoms in total. The van der Waals surface area contributed by atoms with Crippen molar-refractivity contribution in [2.24, 2.45) is 17.8 Å². The van der Waals surface area contributed by atoms with Crippen molar-refractivity contribution in [1.82, 2.24) is 0 Å². The van der Waals surface area contributed by atoms with Crippen LogP contribution in [-0.2, 0) is 0 Å². The van der Waals surface area contributed by atoms with E-state index in [0.29, 0.717) is 17.8 Å². The molecule has 1 heteroatoms. The molecule has 1 rings (SSSR count). The zero-order valence-corrected chi connectivity index (χ0v) is 9.46. The third-order valence-corrected chi connectivity index (χ3v) is 3.19. The summed E-state index contributed by atoms with van der Waals surface area (Å²) in [7, 11) is 0. The molecule has 1 N–H and O–H groups in total. The number of aliphatic hydroxyl groups is 1. The Kier molecular flexibility index (Phi) is 2.86. The molecule has 0 aromatic rings. The Labute approximate surface area is 81.9 Å². The summed E-state index contributed by atoms with van der Waals surface area (Å²) in [4.78, 5) is 0. The van der Waals surface area contributed by atoms with Crippen LogP contribution in [-0.4, -0.2) is 10.7 Å². The van der Waals surface area contributed by atoms with E-state index >= 15 is 0 Å². The highest BCUT2D eigenvalue weighted by molar-refractivity contribution is 5.10. The van der Waals surface area contributed by atoms with Crippen molar-refractivity contribution < 1.29 is 5.11 Å². The maximum Gasteiger partial charge on any atom is 0.0627 e. The molecule has 0 bridgehead atoms. The van der Waals surface area contributed by atoms with Gasteiger partial charge in [-0.15, -0.1) is 0 Å². The zero-order chi connectivity index (χ0) is 10.2. The highest BCUT2D eigenvalue weighted by atomic mass is 16.3. The van der Waals surface area contributed by atoms with Crippen LogP contribution in [0.25, 0.3) is 0 Å². The second-order valence-electron chi connectivity index (χ2n) is 5.23. The molecule has 3 unspecified atom stereocenters. The first-order valence-corrected chi connectivity index (χ1v) is 5.22. The van der Waals surface area contributed by atoms with Crippen molar-refractivity contribution in [3.05, 3.63) is 11.6 Å². The van der Waals surface area contributed by atoms with Crippen molar-refractivity contribution in [2.75, 3.05) is 0 Å². The topological polar surface area (TPSA) is 20.2 Å². The minimum absolute atomic E-state index is 0.399. The van der Waals surface area contributed by atoms with Gasteiger partial charge in [0.05, 0.1) is 5.60 Å². The van der Waals surface area contributed by atoms with Gasteiger partial charge in [0.1, 0.15) is 0 Å². The van der Waals surface area contributed by atoms with Crippen molar-refractivity contribution in [3.63, 3.8) is 0 Å². The van der Waals surface area contributed by atoms with E-state index in [0.717, 1.165) is 6.42 Å². The van der Waals surface area contributed by atoms with Crippen LogP contribution in [0, 0.1) is 17.8 Å². The van der Waals surface area contributed by atoms with Gasteiger partial charge >= 0.3 is 0 Å². The van der Waals surface area contributed by atoms with E-state index in [-0.39, 0.29) is 0 Å². The van der Waals surface area contributed by atoms with E-state index in [1.165, 1.54) is 5.57 Å². The minimum Gasteiger partial charge on any atom is -0.390 e. The Morgan fingerprint density at radius 3 is 2.31 bits per heavy atom. The van der Waals surface area contributed by atoms with Crippen LogP contribution in [0.5, 0.6) is 0 Å². The summed E-state index contributed by atoms with van der Waals surface area (Å²) >= 11 is 0. The standard InChI is InChI=1S/C12H22O/c1-8-6-9(2)11(10(3)7-8)12(4,5)13/h6,9-11,13H,7H2,1-5H3. The van der Waals surface area contributed by atoms with Gasteiger partial charge in [-0.1, -0.05) is 25.5 Å². The molecule has 0 aromatic carbocycles. The average molecular weight is 182 g/mol. The molecule has 76 valence electrons. The lowest BCUT2D eigenvalue weighted by Gasteiger charge is -2.40. The molecule has 1 aliphatic carbocycles. The Morgan fingerprint density at radius 2 is 1.92 bits per heavy atom. The Hall–Kier alpha value is -0.300. The van der Waals surface area contributed by atoms with Crippen LogP contribution >= 0.6 is 0 Å². The summed E-state index contributed by atoms with van der Waals surface area (Å²) < 4.78 is 0. The van der Waals surface area contributed by atoms with E-state index in [2.05, 4.69) is 26.8 Å². The molecular weight excluding hydrogens is 160 g/mol. The van der Waals surface area contributed by atoms with E-state index in [1.807, 2.05) is 13.8 Å². The summed E-state index contributed by atoms with van der Waals surface area (Å²) in [6.45, 7) is 10.5. The number of allylic oxidation sites excluding steroid dienone is 2. The highest BCUT2D eigenvalue weighted by Gasteiger charge is 2.37. The van der Waals surface area contributed by atoms with Gasteiger partial charge < -0.3 is 5.11 Å². The predicted octanol–water partition coefficient (Wildman–Crippen LogP) is 3.00. The Bertz CT molecular complexity index is 210. The molecule has 3 atom stereocenters. The van der Waals surface area contributed by atoms with Gasteiger partial charge in [-0.05, 0) is 44.9 Å². The third kappa shape index (κ3) is 2.34. The summed E-state index contributed by atoms with van der Waals surface area (Å²) in [5.41, 5.74) is 0.927. The van der Waals surface area contributed by atoms with Crippen molar-refractivity contribution >= 4 is 0 Å². The molecule has 0 aliphatic heterocycles. The zero-order valence-electron chi connectivity index (χ0n) is 9.46. The fraction of sp³-hybridized carbons (Fsp3) is 0.833. The number of rotatable bonds is 1. The normalized spacial score (nSPS) is 35.8. The van der Waals surface area contributed by atoms with E-state index in [1.54, 1.807) is 0 Å². The minimum atomic E-state index is -0.546. The molecule has 0 fully saturated rings. The first-order valence-electron chi connectivity index (χ1n) is 5.22. The smallest absolute Gasteiger partial charge is 0.0627 e. The molecule has 0 aromatic heterocycles. The summed E-state index contributed by atoms with van der Waals surface area (Å²) in [5, 5.41) is 10.0. The van der Waals surface area contributed by atoms with Crippen LogP contribution in [0.15, 0.2) is 11.6 Å². The Morgan fingerprint density at radius 1 is 1.38 bits per heavy atom. The summed E-state index contributed by atoms with van der Waals surface area (Å²) in [5.74, 6) is 1.50. The van der Waals surface area contributed by atoms with Crippen LogP contribution in [0.3, 0.4) is 0 Å². The number of hydrogen-bond acceptors (Lipinski definition) is 1. The SMILES string of the molecule is CC1=CC(C)C(C(C)(C)O)C(C)C1. The average Bonchev–Trinajstić information content (AvgIpc) is 1.78. The fourth-order valence-corrected chi connectivity index (χ4v) is 3.11. The monoisotopic (exact) mass is 182 g/mol. The number of hydrogen-bond donors (Lipinski definition) is 1. The molecule has 0 heterocycles. The van der Waals surface area contributed by atoms with Gasteiger partial charge in [-0.2, -0.15) is 0 Å². The quantitative estimate of drug-likeness (QED) is 0.618. The van der Waals surface area contributed by atoms with Crippen molar-refractivity contribution in [3.8, 4) is 0 Å². The van der Waals surface area contributed by atoms with Gasteiger partial charge in [0, 0.05) is 0 Å². The van der Waals surface area contributed by atoms with Crippen LogP contribution < -0.4 is 0 Å². The van der Waals surface area contributed by atoms with Gasteiger partial charge in [-0.25, -0.2) is 0 Å². The molecule has 1 aliphatic rings. The van der Waals surface area contributed by atoms with Crippen LogP contribution in [0.4, 0.5) is 0 Å². The molecule has 0 spiro atoms. The molecule has 0 radical (unpaired) electrons. The maximum absolute atomic E-state index is 10.0. The first-order chi connectivity index (χ1) is 5.82. The lowest BCUT2D eigenvalue weighted by atomic mass is 9.68. The molecule has 0 amide bonds. The fourth-order valence-electron chi connectivity index (χ4n) is 3.11. The second kappa shape index (κ2) is 3.45. The lowest BCUT2D eigenvalue weighted by Crippen LogP contribution is -2.41. The van der Waals surface area contributed by atoms with Crippen LogP contribution in [0.2, 0.25) is 0 Å². The summed E-state index contributed by atoms with van der Waals surface area (Å²) in [6.07, 6.45) is 3.45. The van der Waals surface area contributed by atoms with Crippen molar-refractivity contribution in [1.29, 1.82) is 0 Å². The largest absolute Gasteiger partial charge is 0.390 e. The molecule has 13 heavy (non-hydrogen) atoms. The molecular formula is C12H22O. The van der Waals surface area contributed by atoms with Gasteiger partial charge in [0.25, 0.3) is 0 Å². The first kappa shape index (κ1) is 10.8.